The summed E-state index contributed by atoms with van der Waals surface area (Å²) < 4.78 is 11.0. The minimum atomic E-state index is -0.500. The van der Waals surface area contributed by atoms with E-state index < -0.39 is 17.1 Å². The molecule has 31 heavy (non-hydrogen) atoms. The number of nitrogens with one attached hydrogen (secondary N) is 1. The largest absolute Gasteiger partial charge is 0.493 e. The Morgan fingerprint density at radius 2 is 1.97 bits per heavy atom. The molecule has 1 heterocycles. The van der Waals surface area contributed by atoms with E-state index in [2.05, 4.69) is 5.32 Å². The second-order valence-corrected chi connectivity index (χ2v) is 7.94. The fourth-order valence-electron chi connectivity index (χ4n) is 2.96. The van der Waals surface area contributed by atoms with Gasteiger partial charge in [-0.2, -0.15) is 0 Å². The minimum Gasteiger partial charge on any atom is -0.493 e. The van der Waals surface area contributed by atoms with Crippen molar-refractivity contribution in [1.29, 1.82) is 0 Å². The van der Waals surface area contributed by atoms with Crippen LogP contribution in [0.1, 0.15) is 24.5 Å². The van der Waals surface area contributed by atoms with Gasteiger partial charge < -0.3 is 14.8 Å². The highest BCUT2D eigenvalue weighted by Crippen LogP contribution is 2.34. The fourth-order valence-corrected chi connectivity index (χ4v) is 3.80. The molecule has 0 unspecified atom stereocenters. The zero-order valence-corrected chi connectivity index (χ0v) is 18.5. The van der Waals surface area contributed by atoms with E-state index in [1.54, 1.807) is 37.5 Å². The molecule has 162 valence electrons. The lowest BCUT2D eigenvalue weighted by Gasteiger charge is -2.12. The molecule has 1 aliphatic heterocycles. The summed E-state index contributed by atoms with van der Waals surface area (Å²) in [5, 5.41) is 2.23. The molecule has 0 aromatic heterocycles. The summed E-state index contributed by atoms with van der Waals surface area (Å²) in [6, 6.07) is 12.6. The molecule has 1 fully saturated rings. The Bertz CT molecular complexity index is 1030. The van der Waals surface area contributed by atoms with Crippen LogP contribution in [0.2, 0.25) is 0 Å². The first-order valence-corrected chi connectivity index (χ1v) is 10.7. The van der Waals surface area contributed by atoms with Crippen molar-refractivity contribution in [3.05, 3.63) is 58.5 Å². The quantitative estimate of drug-likeness (QED) is 0.610. The summed E-state index contributed by atoms with van der Waals surface area (Å²) in [6.45, 7) is 4.15. The number of anilines is 1. The van der Waals surface area contributed by atoms with Gasteiger partial charge in [0.1, 0.15) is 6.54 Å². The standard InChI is InChI=1S/C23H24N2O5S/c1-4-10-30-18-9-8-16(12-19(18)29-3)13-20-22(27)25(23(28)31-20)14-21(26)24-17-7-5-6-15(2)11-17/h5-9,11-13H,4,10,14H2,1-3H3,(H,24,26)/b20-13-. The van der Waals surface area contributed by atoms with Crippen molar-refractivity contribution in [2.45, 2.75) is 20.3 Å². The maximum Gasteiger partial charge on any atom is 0.294 e. The summed E-state index contributed by atoms with van der Waals surface area (Å²) >= 11 is 0.805. The van der Waals surface area contributed by atoms with E-state index in [9.17, 15) is 14.4 Å². The van der Waals surface area contributed by atoms with Crippen molar-refractivity contribution in [2.75, 3.05) is 25.6 Å². The Kier molecular flexibility index (Phi) is 7.36. The van der Waals surface area contributed by atoms with Crippen LogP contribution in [0.25, 0.3) is 6.08 Å². The molecule has 2 aromatic rings. The molecule has 1 saturated heterocycles. The zero-order chi connectivity index (χ0) is 22.4. The number of hydrogen-bond donors (Lipinski definition) is 1. The van der Waals surface area contributed by atoms with Crippen LogP contribution in [0, 0.1) is 6.92 Å². The average Bonchev–Trinajstić information content (AvgIpc) is 3.00. The van der Waals surface area contributed by atoms with Gasteiger partial charge in [0.05, 0.1) is 18.6 Å². The Labute approximate surface area is 185 Å². The van der Waals surface area contributed by atoms with Crippen LogP contribution in [0.3, 0.4) is 0 Å². The molecule has 0 radical (unpaired) electrons. The highest BCUT2D eigenvalue weighted by Gasteiger charge is 2.36. The fraction of sp³-hybridized carbons (Fsp3) is 0.261. The van der Waals surface area contributed by atoms with Crippen molar-refractivity contribution >= 4 is 40.6 Å². The van der Waals surface area contributed by atoms with E-state index >= 15 is 0 Å². The van der Waals surface area contributed by atoms with E-state index in [0.717, 1.165) is 28.6 Å². The van der Waals surface area contributed by atoms with Gasteiger partial charge in [-0.3, -0.25) is 19.3 Å². The highest BCUT2D eigenvalue weighted by molar-refractivity contribution is 8.18. The third-order valence-corrected chi connectivity index (χ3v) is 5.33. The first-order chi connectivity index (χ1) is 14.9. The number of ether oxygens (including phenoxy) is 2. The van der Waals surface area contributed by atoms with Crippen LogP contribution in [-0.4, -0.2) is 42.2 Å². The number of methoxy groups -OCH3 is 1. The summed E-state index contributed by atoms with van der Waals surface area (Å²) in [5.74, 6) is 0.217. The van der Waals surface area contributed by atoms with Crippen molar-refractivity contribution in [2.24, 2.45) is 0 Å². The topological polar surface area (TPSA) is 84.9 Å². The van der Waals surface area contributed by atoms with Crippen molar-refractivity contribution in [3.63, 3.8) is 0 Å². The third kappa shape index (κ3) is 5.67. The van der Waals surface area contributed by atoms with Crippen LogP contribution in [0.5, 0.6) is 11.5 Å². The Morgan fingerprint density at radius 3 is 2.68 bits per heavy atom. The van der Waals surface area contributed by atoms with E-state index in [-0.39, 0.29) is 11.4 Å². The maximum absolute atomic E-state index is 12.7. The molecule has 8 heteroatoms. The Morgan fingerprint density at radius 1 is 1.16 bits per heavy atom. The summed E-state index contributed by atoms with van der Waals surface area (Å²) in [4.78, 5) is 38.5. The number of nitrogens with zero attached hydrogens (tertiary/aromatic N) is 1. The first kappa shape index (κ1) is 22.4. The molecule has 0 bridgehead atoms. The first-order valence-electron chi connectivity index (χ1n) is 9.84. The van der Waals surface area contributed by atoms with Crippen LogP contribution < -0.4 is 14.8 Å². The van der Waals surface area contributed by atoms with Crippen molar-refractivity contribution in [3.8, 4) is 11.5 Å². The molecule has 2 aromatic carbocycles. The van der Waals surface area contributed by atoms with Crippen LogP contribution in [0.4, 0.5) is 10.5 Å². The molecule has 1 aliphatic rings. The van der Waals surface area contributed by atoms with E-state index in [1.165, 1.54) is 0 Å². The molecule has 0 spiro atoms. The van der Waals surface area contributed by atoms with Crippen LogP contribution in [-0.2, 0) is 9.59 Å². The molecule has 3 amide bonds. The van der Waals surface area contributed by atoms with Gasteiger partial charge in [0.2, 0.25) is 5.91 Å². The summed E-state index contributed by atoms with van der Waals surface area (Å²) in [7, 11) is 1.54. The molecule has 7 nitrogen and oxygen atoms in total. The maximum atomic E-state index is 12.7. The smallest absolute Gasteiger partial charge is 0.294 e. The second kappa shape index (κ2) is 10.2. The SMILES string of the molecule is CCCOc1ccc(/C=C2\SC(=O)N(CC(=O)Nc3cccc(C)c3)C2=O)cc1OC. The molecule has 0 saturated carbocycles. The van der Waals surface area contributed by atoms with Gasteiger partial charge in [-0.1, -0.05) is 25.1 Å². The zero-order valence-electron chi connectivity index (χ0n) is 17.6. The molecular formula is C23H24N2O5S. The monoisotopic (exact) mass is 440 g/mol. The number of thioether (sulfide) groups is 1. The predicted molar refractivity (Wildman–Crippen MR) is 121 cm³/mol. The van der Waals surface area contributed by atoms with Gasteiger partial charge in [0.25, 0.3) is 11.1 Å². The average molecular weight is 441 g/mol. The molecule has 3 rings (SSSR count). The predicted octanol–water partition coefficient (Wildman–Crippen LogP) is 4.47. The molecule has 0 aliphatic carbocycles. The summed E-state index contributed by atoms with van der Waals surface area (Å²) in [5.41, 5.74) is 2.30. The number of amides is 3. The van der Waals surface area contributed by atoms with Gasteiger partial charge >= 0.3 is 0 Å². The number of carbonyl (C=O) groups excluding carboxylic acids is 3. The molecule has 1 N–H and O–H groups in total. The van der Waals surface area contributed by atoms with Gasteiger partial charge in [-0.15, -0.1) is 0 Å². The van der Waals surface area contributed by atoms with Crippen LogP contribution >= 0.6 is 11.8 Å². The van der Waals surface area contributed by atoms with Crippen molar-refractivity contribution in [1.82, 2.24) is 4.90 Å². The Balaban J connectivity index is 1.70. The minimum absolute atomic E-state index is 0.248. The van der Waals surface area contributed by atoms with Crippen LogP contribution in [0.15, 0.2) is 47.4 Å². The van der Waals surface area contributed by atoms with E-state index in [0.29, 0.717) is 29.4 Å². The van der Waals surface area contributed by atoms with Gasteiger partial charge in [-0.25, -0.2) is 0 Å². The number of hydrogen-bond acceptors (Lipinski definition) is 6. The molecule has 0 atom stereocenters. The lowest BCUT2D eigenvalue weighted by molar-refractivity contribution is -0.127. The van der Waals surface area contributed by atoms with E-state index in [4.69, 9.17) is 9.47 Å². The number of rotatable bonds is 8. The van der Waals surface area contributed by atoms with Gasteiger partial charge in [-0.05, 0) is 66.6 Å². The van der Waals surface area contributed by atoms with E-state index in [1.807, 2.05) is 32.0 Å². The lowest BCUT2D eigenvalue weighted by atomic mass is 10.2. The Hall–Kier alpha value is -3.26. The molecular weight excluding hydrogens is 416 g/mol. The van der Waals surface area contributed by atoms with Gasteiger partial charge in [0.15, 0.2) is 11.5 Å². The number of imide groups is 1. The highest BCUT2D eigenvalue weighted by atomic mass is 32.2. The third-order valence-electron chi connectivity index (χ3n) is 4.42. The van der Waals surface area contributed by atoms with Crippen molar-refractivity contribution < 1.29 is 23.9 Å². The number of benzene rings is 2. The number of aryl methyl sites for hydroxylation is 1. The summed E-state index contributed by atoms with van der Waals surface area (Å²) in [6.07, 6.45) is 2.48. The van der Waals surface area contributed by atoms with Gasteiger partial charge in [0, 0.05) is 5.69 Å². The lowest BCUT2D eigenvalue weighted by Crippen LogP contribution is -2.36. The normalized spacial score (nSPS) is 14.8. The number of carbonyl (C=O) groups is 3. The second-order valence-electron chi connectivity index (χ2n) is 6.94.